The van der Waals surface area contributed by atoms with Crippen molar-refractivity contribution in [3.63, 3.8) is 0 Å². The average Bonchev–Trinajstić information content (AvgIpc) is 2.47. The second-order valence-corrected chi connectivity index (χ2v) is 5.19. The van der Waals surface area contributed by atoms with Gasteiger partial charge in [-0.3, -0.25) is 0 Å². The van der Waals surface area contributed by atoms with E-state index in [1.165, 1.54) is 0 Å². The van der Waals surface area contributed by atoms with Crippen LogP contribution in [-0.4, -0.2) is 40.6 Å². The first-order valence-electron chi connectivity index (χ1n) is 7.27. The molecule has 0 saturated heterocycles. The van der Waals surface area contributed by atoms with Crippen LogP contribution in [0.1, 0.15) is 19.4 Å². The summed E-state index contributed by atoms with van der Waals surface area (Å²) in [6.45, 7) is 6.53. The zero-order chi connectivity index (χ0) is 15.7. The van der Waals surface area contributed by atoms with E-state index in [4.69, 9.17) is 24.7 Å². The van der Waals surface area contributed by atoms with Crippen molar-refractivity contribution in [2.24, 2.45) is 11.7 Å². The second kappa shape index (κ2) is 9.47. The second-order valence-electron chi connectivity index (χ2n) is 5.19. The molecule has 0 radical (unpaired) electrons. The third-order valence-electron chi connectivity index (χ3n) is 2.88. The minimum Gasteiger partial charge on any atom is -0.493 e. The standard InChI is InChI=1S/C16H27NO4/c1-12(2)11-20-7-8-21-16-14(18-3)9-13(5-6-17)10-15(16)19-4/h9-10,12H,5-8,11,17H2,1-4H3. The highest BCUT2D eigenvalue weighted by atomic mass is 16.6. The molecule has 1 aromatic rings. The molecule has 0 heterocycles. The Morgan fingerprint density at radius 3 is 2.14 bits per heavy atom. The maximum absolute atomic E-state index is 5.76. The Morgan fingerprint density at radius 1 is 1.05 bits per heavy atom. The van der Waals surface area contributed by atoms with Gasteiger partial charge in [-0.1, -0.05) is 13.8 Å². The molecule has 0 spiro atoms. The molecule has 1 aromatic carbocycles. The van der Waals surface area contributed by atoms with Gasteiger partial charge in [-0.05, 0) is 36.6 Å². The third kappa shape index (κ3) is 5.81. The molecule has 0 atom stereocenters. The number of methoxy groups -OCH3 is 2. The van der Waals surface area contributed by atoms with Gasteiger partial charge in [0.1, 0.15) is 6.61 Å². The van der Waals surface area contributed by atoms with Crippen molar-refractivity contribution in [2.45, 2.75) is 20.3 Å². The number of benzene rings is 1. The highest BCUT2D eigenvalue weighted by Gasteiger charge is 2.14. The molecule has 0 aliphatic rings. The summed E-state index contributed by atoms with van der Waals surface area (Å²) in [7, 11) is 3.23. The Hall–Kier alpha value is -1.46. The van der Waals surface area contributed by atoms with Crippen LogP contribution in [0.5, 0.6) is 17.2 Å². The van der Waals surface area contributed by atoms with Gasteiger partial charge in [-0.15, -0.1) is 0 Å². The van der Waals surface area contributed by atoms with Crippen LogP contribution in [0.15, 0.2) is 12.1 Å². The quantitative estimate of drug-likeness (QED) is 0.671. The van der Waals surface area contributed by atoms with Crippen LogP contribution >= 0.6 is 0 Å². The third-order valence-corrected chi connectivity index (χ3v) is 2.88. The maximum Gasteiger partial charge on any atom is 0.203 e. The van der Waals surface area contributed by atoms with Gasteiger partial charge in [0.05, 0.1) is 20.8 Å². The van der Waals surface area contributed by atoms with E-state index >= 15 is 0 Å². The summed E-state index contributed by atoms with van der Waals surface area (Å²) in [5.74, 6) is 2.43. The van der Waals surface area contributed by atoms with Gasteiger partial charge in [-0.25, -0.2) is 0 Å². The van der Waals surface area contributed by atoms with Crippen molar-refractivity contribution < 1.29 is 18.9 Å². The van der Waals surface area contributed by atoms with Gasteiger partial charge >= 0.3 is 0 Å². The lowest BCUT2D eigenvalue weighted by atomic mass is 10.1. The first kappa shape index (κ1) is 17.6. The van der Waals surface area contributed by atoms with Crippen molar-refractivity contribution >= 4 is 0 Å². The van der Waals surface area contributed by atoms with Gasteiger partial charge < -0.3 is 24.7 Å². The molecule has 0 amide bonds. The van der Waals surface area contributed by atoms with Crippen LogP contribution in [0.2, 0.25) is 0 Å². The molecule has 21 heavy (non-hydrogen) atoms. The smallest absolute Gasteiger partial charge is 0.203 e. The summed E-state index contributed by atoms with van der Waals surface area (Å²) in [6, 6.07) is 3.86. The Kier molecular flexibility index (Phi) is 7.93. The predicted octanol–water partition coefficient (Wildman–Crippen LogP) is 2.26. The molecule has 0 aromatic heterocycles. The van der Waals surface area contributed by atoms with Gasteiger partial charge in [-0.2, -0.15) is 0 Å². The van der Waals surface area contributed by atoms with Crippen LogP contribution in [-0.2, 0) is 11.2 Å². The fourth-order valence-electron chi connectivity index (χ4n) is 1.91. The monoisotopic (exact) mass is 297 g/mol. The van der Waals surface area contributed by atoms with Crippen LogP contribution in [0.3, 0.4) is 0 Å². The Bertz CT molecular complexity index is 396. The molecule has 0 fully saturated rings. The lowest BCUT2D eigenvalue weighted by Crippen LogP contribution is -2.11. The molecule has 120 valence electrons. The summed E-state index contributed by atoms with van der Waals surface area (Å²) in [4.78, 5) is 0. The number of hydrogen-bond acceptors (Lipinski definition) is 5. The molecule has 0 unspecified atom stereocenters. The predicted molar refractivity (Wildman–Crippen MR) is 83.5 cm³/mol. The van der Waals surface area contributed by atoms with E-state index < -0.39 is 0 Å². The number of rotatable bonds is 10. The van der Waals surface area contributed by atoms with Crippen LogP contribution in [0.4, 0.5) is 0 Å². The first-order valence-corrected chi connectivity index (χ1v) is 7.27. The van der Waals surface area contributed by atoms with Crippen molar-refractivity contribution in [3.05, 3.63) is 17.7 Å². The van der Waals surface area contributed by atoms with E-state index in [9.17, 15) is 0 Å². The highest BCUT2D eigenvalue weighted by Crippen LogP contribution is 2.38. The summed E-state index contributed by atoms with van der Waals surface area (Å²) in [6.07, 6.45) is 0.768. The molecule has 0 aliphatic heterocycles. The summed E-state index contributed by atoms with van der Waals surface area (Å²) in [5, 5.41) is 0. The van der Waals surface area contributed by atoms with Crippen molar-refractivity contribution in [3.8, 4) is 17.2 Å². The van der Waals surface area contributed by atoms with E-state index in [1.54, 1.807) is 14.2 Å². The Morgan fingerprint density at radius 2 is 1.67 bits per heavy atom. The van der Waals surface area contributed by atoms with E-state index in [1.807, 2.05) is 12.1 Å². The topological polar surface area (TPSA) is 62.9 Å². The van der Waals surface area contributed by atoms with Gasteiger partial charge in [0, 0.05) is 6.61 Å². The van der Waals surface area contributed by atoms with Crippen LogP contribution in [0, 0.1) is 5.92 Å². The summed E-state index contributed by atoms with van der Waals surface area (Å²) >= 11 is 0. The van der Waals surface area contributed by atoms with E-state index in [-0.39, 0.29) is 0 Å². The normalized spacial score (nSPS) is 10.8. The first-order chi connectivity index (χ1) is 10.1. The van der Waals surface area contributed by atoms with Crippen molar-refractivity contribution in [2.75, 3.05) is 40.6 Å². The van der Waals surface area contributed by atoms with Crippen LogP contribution < -0.4 is 19.9 Å². The van der Waals surface area contributed by atoms with E-state index in [2.05, 4.69) is 13.8 Å². The maximum atomic E-state index is 5.76. The molecule has 5 heteroatoms. The largest absolute Gasteiger partial charge is 0.493 e. The molecule has 0 aliphatic carbocycles. The lowest BCUT2D eigenvalue weighted by Gasteiger charge is -2.16. The molecule has 5 nitrogen and oxygen atoms in total. The van der Waals surface area contributed by atoms with Gasteiger partial charge in [0.15, 0.2) is 11.5 Å². The molecule has 0 bridgehead atoms. The molecule has 0 saturated carbocycles. The van der Waals surface area contributed by atoms with E-state index in [0.717, 1.165) is 18.6 Å². The van der Waals surface area contributed by atoms with Crippen molar-refractivity contribution in [1.29, 1.82) is 0 Å². The SMILES string of the molecule is COc1cc(CCN)cc(OC)c1OCCOCC(C)C. The molecule has 2 N–H and O–H groups in total. The fraction of sp³-hybridized carbons (Fsp3) is 0.625. The molecular formula is C16H27NO4. The Balaban J connectivity index is 2.70. The zero-order valence-electron chi connectivity index (χ0n) is 13.5. The van der Waals surface area contributed by atoms with Gasteiger partial charge in [0.25, 0.3) is 0 Å². The van der Waals surface area contributed by atoms with Crippen LogP contribution in [0.25, 0.3) is 0 Å². The fourth-order valence-corrected chi connectivity index (χ4v) is 1.91. The summed E-state index contributed by atoms with van der Waals surface area (Å²) < 4.78 is 22.0. The highest BCUT2D eigenvalue weighted by molar-refractivity contribution is 5.54. The number of hydrogen-bond donors (Lipinski definition) is 1. The minimum absolute atomic E-state index is 0.454. The average molecular weight is 297 g/mol. The Labute approximate surface area is 127 Å². The number of ether oxygens (including phenoxy) is 4. The summed E-state index contributed by atoms with van der Waals surface area (Å²) in [5.41, 5.74) is 6.65. The molecular weight excluding hydrogens is 270 g/mol. The van der Waals surface area contributed by atoms with Crippen molar-refractivity contribution in [1.82, 2.24) is 0 Å². The van der Waals surface area contributed by atoms with Gasteiger partial charge in [0.2, 0.25) is 5.75 Å². The minimum atomic E-state index is 0.454. The lowest BCUT2D eigenvalue weighted by molar-refractivity contribution is 0.0802. The number of nitrogens with two attached hydrogens (primary N) is 1. The van der Waals surface area contributed by atoms with E-state index in [0.29, 0.717) is 42.9 Å². The zero-order valence-corrected chi connectivity index (χ0v) is 13.5. The molecule has 1 rings (SSSR count).